The second-order valence-corrected chi connectivity index (χ2v) is 11.3. The Morgan fingerprint density at radius 3 is 2.32 bits per heavy atom. The lowest BCUT2D eigenvalue weighted by Crippen LogP contribution is -2.75. The standard InChI is InChI=1S/C22H27F3N8O/c23-22(24,25)16-5-26-17(28-16)6-30-7-21(8-30)11-32(12-21)19(34)31-9-20(10-31)3-15(4-20)33-13-27-18(29-33)14-1-2-14/h5,13-15H,1-4,6-12H2,(H,26,28). The van der Waals surface area contributed by atoms with Crippen LogP contribution in [-0.2, 0) is 12.7 Å². The van der Waals surface area contributed by atoms with Crippen LogP contribution < -0.4 is 0 Å². The Balaban J connectivity index is 0.844. The Hall–Kier alpha value is -2.63. The summed E-state index contributed by atoms with van der Waals surface area (Å²) in [7, 11) is 0. The van der Waals surface area contributed by atoms with Crippen molar-refractivity contribution < 1.29 is 18.0 Å². The normalized spacial score (nSPS) is 25.7. The van der Waals surface area contributed by atoms with E-state index in [-0.39, 0.29) is 16.9 Å². The summed E-state index contributed by atoms with van der Waals surface area (Å²) in [6.45, 7) is 5.03. The molecule has 9 nitrogen and oxygen atoms in total. The Kier molecular flexibility index (Phi) is 4.10. The van der Waals surface area contributed by atoms with Crippen LogP contribution in [0.5, 0.6) is 0 Å². The van der Waals surface area contributed by atoms with E-state index in [0.717, 1.165) is 64.1 Å². The molecule has 0 atom stereocenters. The number of rotatable bonds is 4. The molecular weight excluding hydrogens is 449 g/mol. The van der Waals surface area contributed by atoms with Crippen molar-refractivity contribution in [3.63, 3.8) is 0 Å². The molecule has 34 heavy (non-hydrogen) atoms. The molecule has 2 amide bonds. The summed E-state index contributed by atoms with van der Waals surface area (Å²) >= 11 is 0. The number of alkyl halides is 3. The number of halogens is 3. The third kappa shape index (κ3) is 3.32. The first kappa shape index (κ1) is 20.7. The molecule has 0 unspecified atom stereocenters. The monoisotopic (exact) mass is 476 g/mol. The number of nitrogens with zero attached hydrogens (tertiary/aromatic N) is 7. The van der Waals surface area contributed by atoms with Crippen molar-refractivity contribution in [1.82, 2.24) is 39.4 Å². The topological polar surface area (TPSA) is 86.2 Å². The van der Waals surface area contributed by atoms with Crippen LogP contribution in [0.2, 0.25) is 0 Å². The molecule has 2 saturated carbocycles. The second kappa shape index (κ2) is 6.73. The molecule has 5 fully saturated rings. The van der Waals surface area contributed by atoms with Crippen molar-refractivity contribution >= 4 is 6.03 Å². The number of amides is 2. The van der Waals surface area contributed by atoms with Gasteiger partial charge >= 0.3 is 12.2 Å². The van der Waals surface area contributed by atoms with E-state index in [9.17, 15) is 18.0 Å². The molecule has 2 aliphatic carbocycles. The molecule has 0 radical (unpaired) electrons. The van der Waals surface area contributed by atoms with Gasteiger partial charge in [0.25, 0.3) is 0 Å². The minimum absolute atomic E-state index is 0.0889. The summed E-state index contributed by atoms with van der Waals surface area (Å²) in [5, 5.41) is 4.66. The van der Waals surface area contributed by atoms with Gasteiger partial charge in [-0.2, -0.15) is 18.3 Å². The molecule has 7 rings (SSSR count). The highest BCUT2D eigenvalue weighted by Crippen LogP contribution is 2.54. The number of nitrogens with one attached hydrogen (secondary N) is 1. The molecule has 2 spiro atoms. The molecule has 0 bridgehead atoms. The van der Waals surface area contributed by atoms with Gasteiger partial charge in [-0.3, -0.25) is 4.90 Å². The third-order valence-corrected chi connectivity index (χ3v) is 8.25. The fourth-order valence-electron chi connectivity index (χ4n) is 6.39. The fraction of sp³-hybridized carbons (Fsp3) is 0.727. The molecule has 3 aliphatic heterocycles. The number of H-pyrrole nitrogens is 1. The van der Waals surface area contributed by atoms with E-state index in [1.165, 1.54) is 12.8 Å². The summed E-state index contributed by atoms with van der Waals surface area (Å²) < 4.78 is 40.1. The van der Waals surface area contributed by atoms with Crippen LogP contribution in [0.4, 0.5) is 18.0 Å². The van der Waals surface area contributed by atoms with E-state index in [1.807, 2.05) is 20.8 Å². The number of hydrogen-bond donors (Lipinski definition) is 1. The first-order valence-electron chi connectivity index (χ1n) is 12.0. The second-order valence-electron chi connectivity index (χ2n) is 11.3. The zero-order valence-electron chi connectivity index (χ0n) is 18.8. The van der Waals surface area contributed by atoms with Crippen molar-refractivity contribution in [3.05, 3.63) is 29.9 Å². The Labute approximate surface area is 194 Å². The van der Waals surface area contributed by atoms with Crippen molar-refractivity contribution in [2.75, 3.05) is 39.3 Å². The number of aromatic amines is 1. The molecule has 12 heteroatoms. The van der Waals surface area contributed by atoms with E-state index in [1.54, 1.807) is 0 Å². The largest absolute Gasteiger partial charge is 0.432 e. The van der Waals surface area contributed by atoms with Crippen LogP contribution >= 0.6 is 0 Å². The van der Waals surface area contributed by atoms with Gasteiger partial charge in [-0.05, 0) is 25.7 Å². The molecule has 5 aliphatic rings. The number of likely N-dealkylation sites (tertiary alicyclic amines) is 3. The van der Waals surface area contributed by atoms with Gasteiger partial charge in [0, 0.05) is 56.0 Å². The van der Waals surface area contributed by atoms with E-state index < -0.39 is 11.9 Å². The number of carbonyl (C=O) groups is 1. The smallest absolute Gasteiger partial charge is 0.337 e. The van der Waals surface area contributed by atoms with E-state index in [4.69, 9.17) is 0 Å². The molecule has 2 aromatic heterocycles. The maximum Gasteiger partial charge on any atom is 0.432 e. The Morgan fingerprint density at radius 2 is 1.71 bits per heavy atom. The molecule has 1 N–H and O–H groups in total. The first-order chi connectivity index (χ1) is 16.2. The van der Waals surface area contributed by atoms with Gasteiger partial charge in [0.2, 0.25) is 0 Å². The van der Waals surface area contributed by atoms with Crippen LogP contribution in [0, 0.1) is 10.8 Å². The van der Waals surface area contributed by atoms with Crippen LogP contribution in [0.15, 0.2) is 12.5 Å². The summed E-state index contributed by atoms with van der Waals surface area (Å²) in [6, 6.07) is 0.530. The average molecular weight is 477 g/mol. The van der Waals surface area contributed by atoms with Crippen molar-refractivity contribution in [2.45, 2.75) is 50.4 Å². The van der Waals surface area contributed by atoms with E-state index >= 15 is 0 Å². The summed E-state index contributed by atoms with van der Waals surface area (Å²) in [4.78, 5) is 29.5. The van der Waals surface area contributed by atoms with Crippen LogP contribution in [0.25, 0.3) is 0 Å². The maximum atomic E-state index is 12.9. The van der Waals surface area contributed by atoms with Crippen LogP contribution in [-0.4, -0.2) is 84.7 Å². The summed E-state index contributed by atoms with van der Waals surface area (Å²) in [5.74, 6) is 1.89. The van der Waals surface area contributed by atoms with Gasteiger partial charge in [0.1, 0.15) is 17.8 Å². The number of aromatic nitrogens is 5. The predicted molar refractivity (Wildman–Crippen MR) is 113 cm³/mol. The zero-order chi connectivity index (χ0) is 23.3. The van der Waals surface area contributed by atoms with Crippen molar-refractivity contribution in [3.8, 4) is 0 Å². The Morgan fingerprint density at radius 1 is 1.03 bits per heavy atom. The lowest BCUT2D eigenvalue weighted by Gasteiger charge is -2.63. The third-order valence-electron chi connectivity index (χ3n) is 8.25. The minimum atomic E-state index is -4.40. The van der Waals surface area contributed by atoms with Gasteiger partial charge in [0.05, 0.1) is 18.8 Å². The summed E-state index contributed by atoms with van der Waals surface area (Å²) in [6.07, 6.45) is 2.85. The maximum absolute atomic E-state index is 12.9. The molecule has 0 aromatic carbocycles. The Bertz CT molecular complexity index is 1110. The first-order valence-corrected chi connectivity index (χ1v) is 12.0. The van der Waals surface area contributed by atoms with Crippen LogP contribution in [0.3, 0.4) is 0 Å². The molecule has 182 valence electrons. The number of urea groups is 1. The number of carbonyl (C=O) groups excluding carboxylic acids is 1. The van der Waals surface area contributed by atoms with Crippen molar-refractivity contribution in [1.29, 1.82) is 0 Å². The molecular formula is C22H27F3N8O. The highest BCUT2D eigenvalue weighted by molar-refractivity contribution is 5.77. The molecule has 5 heterocycles. The van der Waals surface area contributed by atoms with Gasteiger partial charge in [-0.25, -0.2) is 19.4 Å². The highest BCUT2D eigenvalue weighted by atomic mass is 19.4. The highest BCUT2D eigenvalue weighted by Gasteiger charge is 2.58. The average Bonchev–Trinajstić information content (AvgIpc) is 3.19. The van der Waals surface area contributed by atoms with Crippen molar-refractivity contribution in [2.24, 2.45) is 10.8 Å². The number of imidazole rings is 1. The number of hydrogen-bond acceptors (Lipinski definition) is 5. The summed E-state index contributed by atoms with van der Waals surface area (Å²) in [5.41, 5.74) is -0.473. The molecule has 2 aromatic rings. The SMILES string of the molecule is O=C(N1CC2(CC(n3cnc(C4CC4)n3)C2)C1)N1CC2(CN(Cc3ncc(C(F)(F)F)[nH]3)C2)C1. The lowest BCUT2D eigenvalue weighted by atomic mass is 9.60. The fourth-order valence-corrected chi connectivity index (χ4v) is 6.39. The predicted octanol–water partition coefficient (Wildman–Crippen LogP) is 2.47. The lowest BCUT2D eigenvalue weighted by molar-refractivity contribution is -0.141. The zero-order valence-corrected chi connectivity index (χ0v) is 18.8. The van der Waals surface area contributed by atoms with Gasteiger partial charge in [-0.1, -0.05) is 0 Å². The van der Waals surface area contributed by atoms with E-state index in [2.05, 4.69) is 25.0 Å². The van der Waals surface area contributed by atoms with Gasteiger partial charge in [0.15, 0.2) is 5.82 Å². The molecule has 3 saturated heterocycles. The van der Waals surface area contributed by atoms with Gasteiger partial charge < -0.3 is 14.8 Å². The quantitative estimate of drug-likeness (QED) is 0.733. The van der Waals surface area contributed by atoms with Crippen LogP contribution in [0.1, 0.15) is 55.0 Å². The van der Waals surface area contributed by atoms with E-state index in [0.29, 0.717) is 24.3 Å². The van der Waals surface area contributed by atoms with Gasteiger partial charge in [-0.15, -0.1) is 0 Å². The minimum Gasteiger partial charge on any atom is -0.337 e.